The van der Waals surface area contributed by atoms with Crippen molar-refractivity contribution in [3.63, 3.8) is 0 Å². The maximum Gasteiger partial charge on any atom is 0.0919 e. The van der Waals surface area contributed by atoms with E-state index in [0.717, 1.165) is 23.2 Å². The fraction of sp³-hybridized carbons (Fsp3) is 0.333. The van der Waals surface area contributed by atoms with Crippen molar-refractivity contribution in [1.29, 1.82) is 0 Å². The van der Waals surface area contributed by atoms with Crippen molar-refractivity contribution in [2.24, 2.45) is 0 Å². The third-order valence-corrected chi connectivity index (χ3v) is 3.58. The molecule has 0 bridgehead atoms. The number of aryl methyl sites for hydroxylation is 3. The molecular formula is C18H23NO. The van der Waals surface area contributed by atoms with E-state index in [0.29, 0.717) is 6.54 Å². The van der Waals surface area contributed by atoms with Gasteiger partial charge in [-0.25, -0.2) is 0 Å². The van der Waals surface area contributed by atoms with Gasteiger partial charge in [-0.1, -0.05) is 48.0 Å². The first kappa shape index (κ1) is 14.8. The molecule has 2 aromatic carbocycles. The number of rotatable bonds is 5. The van der Waals surface area contributed by atoms with Crippen molar-refractivity contribution in [1.82, 2.24) is 5.32 Å². The number of hydrogen-bond acceptors (Lipinski definition) is 2. The van der Waals surface area contributed by atoms with Gasteiger partial charge in [-0.05, 0) is 43.0 Å². The molecule has 2 rings (SSSR count). The van der Waals surface area contributed by atoms with Crippen LogP contribution in [-0.2, 0) is 6.54 Å². The summed E-state index contributed by atoms with van der Waals surface area (Å²) >= 11 is 0. The molecule has 0 radical (unpaired) electrons. The van der Waals surface area contributed by atoms with Gasteiger partial charge in [0.15, 0.2) is 0 Å². The molecule has 0 saturated carbocycles. The molecule has 2 N–H and O–H groups in total. The van der Waals surface area contributed by atoms with Gasteiger partial charge in [-0.3, -0.25) is 0 Å². The second-order valence-electron chi connectivity index (χ2n) is 5.44. The van der Waals surface area contributed by atoms with Crippen LogP contribution in [0.4, 0.5) is 0 Å². The number of hydrogen-bond donors (Lipinski definition) is 2. The summed E-state index contributed by atoms with van der Waals surface area (Å²) in [5, 5.41) is 13.7. The van der Waals surface area contributed by atoms with Gasteiger partial charge in [0.25, 0.3) is 0 Å². The van der Waals surface area contributed by atoms with Crippen LogP contribution in [0.15, 0.2) is 42.5 Å². The summed E-state index contributed by atoms with van der Waals surface area (Å²) in [6.45, 7) is 7.57. The van der Waals surface area contributed by atoms with Crippen LogP contribution in [0.5, 0.6) is 0 Å². The molecule has 20 heavy (non-hydrogen) atoms. The zero-order valence-electron chi connectivity index (χ0n) is 12.5. The fourth-order valence-electron chi connectivity index (χ4n) is 2.77. The Morgan fingerprint density at radius 3 is 2.20 bits per heavy atom. The summed E-state index contributed by atoms with van der Waals surface area (Å²) in [7, 11) is 0. The zero-order chi connectivity index (χ0) is 14.5. The van der Waals surface area contributed by atoms with Crippen LogP contribution in [0, 0.1) is 20.8 Å². The van der Waals surface area contributed by atoms with Crippen LogP contribution in [0.1, 0.15) is 33.9 Å². The lowest BCUT2D eigenvalue weighted by molar-refractivity contribution is 0.173. The van der Waals surface area contributed by atoms with Gasteiger partial charge in [0.1, 0.15) is 0 Å². The maximum atomic E-state index is 10.4. The fourth-order valence-corrected chi connectivity index (χ4v) is 2.77. The van der Waals surface area contributed by atoms with Gasteiger partial charge < -0.3 is 10.4 Å². The summed E-state index contributed by atoms with van der Waals surface area (Å²) in [6, 6.07) is 14.5. The van der Waals surface area contributed by atoms with Gasteiger partial charge in [0, 0.05) is 13.1 Å². The molecule has 0 spiro atoms. The maximum absolute atomic E-state index is 10.4. The minimum absolute atomic E-state index is 0.459. The Bertz CT molecular complexity index is 540. The highest BCUT2D eigenvalue weighted by Gasteiger charge is 2.13. The second-order valence-corrected chi connectivity index (χ2v) is 5.44. The van der Waals surface area contributed by atoms with Crippen LogP contribution in [-0.4, -0.2) is 11.7 Å². The van der Waals surface area contributed by atoms with Crippen LogP contribution in [0.25, 0.3) is 0 Å². The van der Waals surface area contributed by atoms with E-state index in [9.17, 15) is 5.11 Å². The van der Waals surface area contributed by atoms with E-state index in [1.807, 2.05) is 18.2 Å². The lowest BCUT2D eigenvalue weighted by Crippen LogP contribution is -2.22. The molecule has 0 amide bonds. The molecule has 1 atom stereocenters. The van der Waals surface area contributed by atoms with E-state index >= 15 is 0 Å². The molecule has 1 unspecified atom stereocenters. The van der Waals surface area contributed by atoms with Crippen LogP contribution in [0.3, 0.4) is 0 Å². The second kappa shape index (κ2) is 6.69. The minimum atomic E-state index is -0.459. The topological polar surface area (TPSA) is 32.3 Å². The third-order valence-electron chi connectivity index (χ3n) is 3.58. The van der Waals surface area contributed by atoms with Crippen molar-refractivity contribution in [3.05, 3.63) is 70.3 Å². The quantitative estimate of drug-likeness (QED) is 0.871. The van der Waals surface area contributed by atoms with Crippen molar-refractivity contribution in [2.75, 3.05) is 6.54 Å². The van der Waals surface area contributed by atoms with Gasteiger partial charge in [0.2, 0.25) is 0 Å². The predicted molar refractivity (Wildman–Crippen MR) is 83.8 cm³/mol. The Morgan fingerprint density at radius 1 is 1.00 bits per heavy atom. The van der Waals surface area contributed by atoms with Gasteiger partial charge in [0.05, 0.1) is 6.10 Å². The third kappa shape index (κ3) is 3.69. The van der Waals surface area contributed by atoms with Crippen molar-refractivity contribution in [3.8, 4) is 0 Å². The zero-order valence-corrected chi connectivity index (χ0v) is 12.5. The highest BCUT2D eigenvalue weighted by atomic mass is 16.3. The highest BCUT2D eigenvalue weighted by molar-refractivity contribution is 5.39. The largest absolute Gasteiger partial charge is 0.387 e. The molecule has 0 aromatic heterocycles. The Morgan fingerprint density at radius 2 is 1.60 bits per heavy atom. The summed E-state index contributed by atoms with van der Waals surface area (Å²) in [6.07, 6.45) is -0.459. The standard InChI is InChI=1S/C18H23NO/c1-13-9-14(2)18(15(3)10-13)17(20)12-19-11-16-7-5-4-6-8-16/h4-10,17,19-20H,11-12H2,1-3H3. The molecule has 2 nitrogen and oxygen atoms in total. The van der Waals surface area contributed by atoms with E-state index in [4.69, 9.17) is 0 Å². The first-order valence-electron chi connectivity index (χ1n) is 7.08. The molecular weight excluding hydrogens is 246 g/mol. The average Bonchev–Trinajstić information content (AvgIpc) is 2.38. The molecule has 0 saturated heterocycles. The molecule has 0 heterocycles. The van der Waals surface area contributed by atoms with Crippen LogP contribution >= 0.6 is 0 Å². The van der Waals surface area contributed by atoms with Crippen molar-refractivity contribution >= 4 is 0 Å². The molecule has 0 aliphatic rings. The molecule has 2 aromatic rings. The van der Waals surface area contributed by atoms with E-state index in [1.165, 1.54) is 11.1 Å². The van der Waals surface area contributed by atoms with E-state index < -0.39 is 6.10 Å². The SMILES string of the molecule is Cc1cc(C)c(C(O)CNCc2ccccc2)c(C)c1. The predicted octanol–water partition coefficient (Wildman–Crippen LogP) is 3.44. The van der Waals surface area contributed by atoms with Gasteiger partial charge in [-0.15, -0.1) is 0 Å². The average molecular weight is 269 g/mol. The lowest BCUT2D eigenvalue weighted by Gasteiger charge is -2.18. The highest BCUT2D eigenvalue weighted by Crippen LogP contribution is 2.23. The lowest BCUT2D eigenvalue weighted by atomic mass is 9.95. The minimum Gasteiger partial charge on any atom is -0.387 e. The van der Waals surface area contributed by atoms with E-state index in [2.05, 4.69) is 50.4 Å². The number of benzene rings is 2. The summed E-state index contributed by atoms with van der Waals surface area (Å²) in [4.78, 5) is 0. The number of aliphatic hydroxyl groups is 1. The Hall–Kier alpha value is -1.64. The number of aliphatic hydroxyl groups excluding tert-OH is 1. The summed E-state index contributed by atoms with van der Waals surface area (Å²) in [5.74, 6) is 0. The Kier molecular flexibility index (Phi) is 4.94. The first-order chi connectivity index (χ1) is 9.58. The Labute approximate surface area is 121 Å². The molecule has 106 valence electrons. The summed E-state index contributed by atoms with van der Waals surface area (Å²) in [5.41, 5.74) is 5.86. The smallest absolute Gasteiger partial charge is 0.0919 e. The van der Waals surface area contributed by atoms with E-state index in [-0.39, 0.29) is 0 Å². The van der Waals surface area contributed by atoms with Crippen molar-refractivity contribution in [2.45, 2.75) is 33.4 Å². The van der Waals surface area contributed by atoms with Gasteiger partial charge >= 0.3 is 0 Å². The van der Waals surface area contributed by atoms with Crippen molar-refractivity contribution < 1.29 is 5.11 Å². The molecule has 0 aliphatic carbocycles. The molecule has 0 fully saturated rings. The molecule has 0 aliphatic heterocycles. The summed E-state index contributed by atoms with van der Waals surface area (Å²) < 4.78 is 0. The van der Waals surface area contributed by atoms with Crippen LogP contribution < -0.4 is 5.32 Å². The number of nitrogens with one attached hydrogen (secondary N) is 1. The van der Waals surface area contributed by atoms with Gasteiger partial charge in [-0.2, -0.15) is 0 Å². The normalized spacial score (nSPS) is 12.4. The van der Waals surface area contributed by atoms with Crippen LogP contribution in [0.2, 0.25) is 0 Å². The van der Waals surface area contributed by atoms with E-state index in [1.54, 1.807) is 0 Å². The molecule has 2 heteroatoms. The first-order valence-corrected chi connectivity index (χ1v) is 7.08. The monoisotopic (exact) mass is 269 g/mol. The Balaban J connectivity index is 1.97.